The topological polar surface area (TPSA) is 75.7 Å². The highest BCUT2D eigenvalue weighted by Gasteiger charge is 2.30. The van der Waals surface area contributed by atoms with Crippen LogP contribution in [0, 0.1) is 0 Å². The number of hydrogen-bond donors (Lipinski definition) is 0. The fraction of sp³-hybridized carbons (Fsp3) is 0.280. The summed E-state index contributed by atoms with van der Waals surface area (Å²) in [5.74, 6) is -1.40. The van der Waals surface area contributed by atoms with Crippen LogP contribution in [0.5, 0.6) is 5.75 Å². The van der Waals surface area contributed by atoms with Crippen molar-refractivity contribution in [2.24, 2.45) is 0 Å². The Labute approximate surface area is 206 Å². The van der Waals surface area contributed by atoms with Crippen LogP contribution in [-0.2, 0) is 25.7 Å². The molecule has 1 heterocycles. The van der Waals surface area contributed by atoms with E-state index in [0.29, 0.717) is 0 Å². The van der Waals surface area contributed by atoms with Gasteiger partial charge in [0.25, 0.3) is 0 Å². The van der Waals surface area contributed by atoms with E-state index < -0.39 is 22.0 Å². The zero-order valence-electron chi connectivity index (χ0n) is 18.7. The van der Waals surface area contributed by atoms with Crippen LogP contribution in [0.25, 0.3) is 0 Å². The number of ether oxygens (including phenoxy) is 2. The van der Waals surface area contributed by atoms with E-state index >= 15 is 0 Å². The summed E-state index contributed by atoms with van der Waals surface area (Å²) in [4.78, 5) is 3.88. The molecule has 188 valence electrons. The SMILES string of the molecule is O=S(=O)([O-])CC(F)(F)F.c1ccc([S+](c2ccccc2)c2cccc(OC3CCCCO3)c2)cc1. The number of alkyl halides is 3. The molecule has 3 aromatic rings. The van der Waals surface area contributed by atoms with Crippen LogP contribution in [0.15, 0.2) is 99.6 Å². The highest BCUT2D eigenvalue weighted by atomic mass is 32.2. The molecule has 0 aromatic heterocycles. The van der Waals surface area contributed by atoms with E-state index in [4.69, 9.17) is 9.47 Å². The summed E-state index contributed by atoms with van der Waals surface area (Å²) >= 11 is 0. The van der Waals surface area contributed by atoms with E-state index in [-0.39, 0.29) is 17.2 Å². The van der Waals surface area contributed by atoms with E-state index in [0.717, 1.165) is 25.2 Å². The molecule has 0 bridgehead atoms. The summed E-state index contributed by atoms with van der Waals surface area (Å²) in [5, 5.41) is 0. The van der Waals surface area contributed by atoms with Gasteiger partial charge in [-0.1, -0.05) is 42.5 Å². The molecule has 35 heavy (non-hydrogen) atoms. The first kappa shape index (κ1) is 27.1. The first-order valence-electron chi connectivity index (χ1n) is 10.8. The van der Waals surface area contributed by atoms with Gasteiger partial charge in [-0.2, -0.15) is 13.2 Å². The van der Waals surface area contributed by atoms with Crippen molar-refractivity contribution < 1.29 is 35.6 Å². The Morgan fingerprint density at radius 1 is 0.886 bits per heavy atom. The van der Waals surface area contributed by atoms with Gasteiger partial charge in [-0.15, -0.1) is 0 Å². The molecule has 1 aliphatic heterocycles. The second kappa shape index (κ2) is 12.4. The van der Waals surface area contributed by atoms with Crippen molar-refractivity contribution in [3.63, 3.8) is 0 Å². The van der Waals surface area contributed by atoms with E-state index in [2.05, 4.69) is 78.9 Å². The molecule has 0 amide bonds. The summed E-state index contributed by atoms with van der Waals surface area (Å²) in [7, 11) is -5.31. The predicted octanol–water partition coefficient (Wildman–Crippen LogP) is 5.78. The Bertz CT molecular complexity index is 1110. The average molecular weight is 527 g/mol. The van der Waals surface area contributed by atoms with Gasteiger partial charge in [-0.05, 0) is 49.2 Å². The molecule has 0 spiro atoms. The normalized spacial score (nSPS) is 16.3. The monoisotopic (exact) mass is 526 g/mol. The molecule has 1 atom stereocenters. The van der Waals surface area contributed by atoms with E-state index in [1.54, 1.807) is 0 Å². The highest BCUT2D eigenvalue weighted by Crippen LogP contribution is 2.33. The zero-order chi connectivity index (χ0) is 25.3. The molecule has 1 aliphatic rings. The summed E-state index contributed by atoms with van der Waals surface area (Å²) in [6, 6.07) is 29.8. The Morgan fingerprint density at radius 2 is 1.46 bits per heavy atom. The van der Waals surface area contributed by atoms with Crippen LogP contribution >= 0.6 is 0 Å². The fourth-order valence-electron chi connectivity index (χ4n) is 3.35. The number of benzene rings is 3. The van der Waals surface area contributed by atoms with E-state index in [1.165, 1.54) is 21.1 Å². The van der Waals surface area contributed by atoms with Gasteiger partial charge in [0.15, 0.2) is 21.0 Å². The Hall–Kier alpha value is -2.53. The molecular formula is C25H25F3O5S2. The largest absolute Gasteiger partial charge is 0.748 e. The quantitative estimate of drug-likeness (QED) is 0.301. The lowest BCUT2D eigenvalue weighted by molar-refractivity contribution is -0.107. The number of rotatable bonds is 6. The lowest BCUT2D eigenvalue weighted by atomic mass is 10.2. The Balaban J connectivity index is 0.000000327. The summed E-state index contributed by atoms with van der Waals surface area (Å²) in [5.41, 5.74) is 0. The lowest BCUT2D eigenvalue weighted by Gasteiger charge is -2.23. The third kappa shape index (κ3) is 9.56. The number of hydrogen-bond acceptors (Lipinski definition) is 5. The molecule has 4 rings (SSSR count). The van der Waals surface area contributed by atoms with Crippen molar-refractivity contribution in [2.45, 2.75) is 46.4 Å². The molecule has 1 fully saturated rings. The maximum absolute atomic E-state index is 11.0. The third-order valence-corrected chi connectivity index (χ3v) is 7.64. The molecule has 0 saturated carbocycles. The highest BCUT2D eigenvalue weighted by molar-refractivity contribution is 7.97. The smallest absolute Gasteiger partial charge is 0.401 e. The van der Waals surface area contributed by atoms with Gasteiger partial charge < -0.3 is 14.0 Å². The Kier molecular flexibility index (Phi) is 9.62. The molecule has 0 aliphatic carbocycles. The average Bonchev–Trinajstić information content (AvgIpc) is 2.80. The second-order valence-electron chi connectivity index (χ2n) is 7.64. The lowest BCUT2D eigenvalue weighted by Crippen LogP contribution is -2.25. The first-order chi connectivity index (χ1) is 16.6. The number of halogens is 3. The van der Waals surface area contributed by atoms with Crippen LogP contribution in [0.4, 0.5) is 13.2 Å². The summed E-state index contributed by atoms with van der Waals surface area (Å²) < 4.78 is 72.9. The van der Waals surface area contributed by atoms with E-state index in [1.807, 2.05) is 6.07 Å². The Morgan fingerprint density at radius 3 is 1.91 bits per heavy atom. The van der Waals surface area contributed by atoms with Gasteiger partial charge in [-0.3, -0.25) is 0 Å². The van der Waals surface area contributed by atoms with E-state index in [9.17, 15) is 26.1 Å². The molecule has 0 N–H and O–H groups in total. The third-order valence-electron chi connectivity index (χ3n) is 4.74. The predicted molar refractivity (Wildman–Crippen MR) is 126 cm³/mol. The van der Waals surface area contributed by atoms with Gasteiger partial charge >= 0.3 is 6.18 Å². The van der Waals surface area contributed by atoms with Crippen molar-refractivity contribution in [1.82, 2.24) is 0 Å². The molecule has 0 radical (unpaired) electrons. The minimum Gasteiger partial charge on any atom is -0.748 e. The van der Waals surface area contributed by atoms with Gasteiger partial charge in [0.05, 0.1) is 17.5 Å². The molecule has 1 unspecified atom stereocenters. The molecule has 10 heteroatoms. The molecule has 1 saturated heterocycles. The van der Waals surface area contributed by atoms with Crippen LogP contribution in [-0.4, -0.2) is 37.8 Å². The summed E-state index contributed by atoms with van der Waals surface area (Å²) in [6.07, 6.45) is -1.77. The van der Waals surface area contributed by atoms with Crippen molar-refractivity contribution >= 4 is 21.0 Å². The maximum atomic E-state index is 11.0. The molecular weight excluding hydrogens is 501 g/mol. The molecule has 5 nitrogen and oxygen atoms in total. The zero-order valence-corrected chi connectivity index (χ0v) is 20.3. The van der Waals surface area contributed by atoms with Gasteiger partial charge in [0.2, 0.25) is 0 Å². The first-order valence-corrected chi connectivity index (χ1v) is 13.6. The van der Waals surface area contributed by atoms with Crippen LogP contribution < -0.4 is 4.74 Å². The van der Waals surface area contributed by atoms with Crippen molar-refractivity contribution in [3.8, 4) is 5.75 Å². The maximum Gasteiger partial charge on any atom is 0.401 e. The van der Waals surface area contributed by atoms with Gasteiger partial charge in [0, 0.05) is 12.5 Å². The van der Waals surface area contributed by atoms with Gasteiger partial charge in [-0.25, -0.2) is 8.42 Å². The fourth-order valence-corrected chi connectivity index (χ4v) is 5.88. The molecule has 3 aromatic carbocycles. The summed E-state index contributed by atoms with van der Waals surface area (Å²) in [6.45, 7) is 0.794. The minimum absolute atomic E-state index is 0.116. The standard InChI is InChI=1S/C23H23O2S.C2H3F3O3S/c1-3-11-20(12-4-1)26(21-13-5-2-6-14-21)22-15-9-10-19(18-22)25-23-16-7-8-17-24-23;3-2(4,5)1-9(6,7)8/h1-6,9-15,18,23H,7-8,16-17H2;1H2,(H,6,7,8)/q+1;/p-1. The van der Waals surface area contributed by atoms with Crippen LogP contribution in [0.3, 0.4) is 0 Å². The van der Waals surface area contributed by atoms with Crippen LogP contribution in [0.1, 0.15) is 19.3 Å². The minimum atomic E-state index is -5.16. The van der Waals surface area contributed by atoms with Gasteiger partial charge in [0.1, 0.15) is 21.6 Å². The van der Waals surface area contributed by atoms with Crippen molar-refractivity contribution in [1.29, 1.82) is 0 Å². The van der Waals surface area contributed by atoms with Crippen molar-refractivity contribution in [2.75, 3.05) is 12.4 Å². The second-order valence-corrected chi connectivity index (χ2v) is 11.1. The van der Waals surface area contributed by atoms with Crippen LogP contribution in [0.2, 0.25) is 0 Å². The van der Waals surface area contributed by atoms with Crippen molar-refractivity contribution in [3.05, 3.63) is 84.9 Å².